The lowest BCUT2D eigenvalue weighted by Crippen LogP contribution is -2.45. The van der Waals surface area contributed by atoms with E-state index in [9.17, 15) is 38.4 Å². The molecule has 0 spiro atoms. The van der Waals surface area contributed by atoms with E-state index < -0.39 is 12.0 Å². The predicted octanol–water partition coefficient (Wildman–Crippen LogP) is 9.37. The maximum Gasteiger partial charge on any atom is 0.260 e. The first-order chi connectivity index (χ1) is 51.2. The Morgan fingerprint density at radius 2 is 1.10 bits per heavy atom. The van der Waals surface area contributed by atoms with Crippen molar-refractivity contribution in [1.82, 2.24) is 25.3 Å². The molecule has 9 rings (SSSR count). The molecule has 2 fully saturated rings. The zero-order chi connectivity index (χ0) is 76.3. The van der Waals surface area contributed by atoms with Gasteiger partial charge in [0.2, 0.25) is 29.5 Å². The second-order valence-corrected chi connectivity index (χ2v) is 26.9. The van der Waals surface area contributed by atoms with Gasteiger partial charge in [-0.15, -0.1) is 0 Å². The fourth-order valence-corrected chi connectivity index (χ4v) is 11.8. The third kappa shape index (κ3) is 28.6. The van der Waals surface area contributed by atoms with E-state index in [1.54, 1.807) is 69.2 Å². The second kappa shape index (κ2) is 46.7. The highest BCUT2D eigenvalue weighted by Crippen LogP contribution is 2.45. The van der Waals surface area contributed by atoms with Crippen LogP contribution in [0, 0.1) is 30.6 Å². The number of ether oxygens (including phenoxy) is 12. The number of rotatable bonds is 45. The van der Waals surface area contributed by atoms with Crippen molar-refractivity contribution in [3.8, 4) is 23.0 Å². The summed E-state index contributed by atoms with van der Waals surface area (Å²) in [5, 5.41) is 8.33. The number of methoxy groups -OCH3 is 3. The van der Waals surface area contributed by atoms with Crippen LogP contribution < -0.4 is 34.9 Å². The number of amides is 7. The predicted molar refractivity (Wildman–Crippen MR) is 404 cm³/mol. The third-order valence-electron chi connectivity index (χ3n) is 17.8. The smallest absolute Gasteiger partial charge is 0.260 e. The normalized spacial score (nSPS) is 17.3. The highest BCUT2D eigenvalue weighted by molar-refractivity contribution is 6.06. The van der Waals surface area contributed by atoms with Gasteiger partial charge in [-0.3, -0.25) is 53.2 Å². The number of aryl methyl sites for hydroxylation is 1. The zero-order valence-corrected chi connectivity index (χ0v) is 63.4. The van der Waals surface area contributed by atoms with Gasteiger partial charge in [-0.1, -0.05) is 65.3 Å². The van der Waals surface area contributed by atoms with E-state index in [0.717, 1.165) is 37.0 Å². The largest absolute Gasteiger partial charge is 0.493 e. The summed E-state index contributed by atoms with van der Waals surface area (Å²) < 4.78 is 65.7. The van der Waals surface area contributed by atoms with Crippen molar-refractivity contribution in [2.75, 3.05) is 152 Å². The van der Waals surface area contributed by atoms with Crippen LogP contribution in [0.1, 0.15) is 139 Å². The number of anilines is 1. The maximum atomic E-state index is 13.4. The second-order valence-electron chi connectivity index (χ2n) is 26.9. The van der Waals surface area contributed by atoms with Gasteiger partial charge >= 0.3 is 0 Å². The van der Waals surface area contributed by atoms with E-state index in [1.165, 1.54) is 23.3 Å². The molecule has 5 heterocycles. The van der Waals surface area contributed by atoms with Gasteiger partial charge in [0.05, 0.1) is 161 Å². The molecule has 0 aromatic heterocycles. The molecule has 7 amide bonds. The Morgan fingerprint density at radius 1 is 0.589 bits per heavy atom. The van der Waals surface area contributed by atoms with Crippen LogP contribution in [0.25, 0.3) is 0 Å². The van der Waals surface area contributed by atoms with E-state index in [1.807, 2.05) is 83.7 Å². The average molecular weight is 1500 g/mol. The molecule has 3 N–H and O–H groups in total. The minimum Gasteiger partial charge on any atom is -0.493 e. The number of carbonyl (C=O) groups is 8. The Bertz CT molecular complexity index is 3500. The van der Waals surface area contributed by atoms with Crippen molar-refractivity contribution in [2.24, 2.45) is 33.7 Å². The fraction of sp³-hybridized carbons (Fsp3) is 0.595. The molecule has 6 aliphatic rings. The SMILES string of the molecule is C.CCCOCCOCCNC(=O)CCN1C(=O)CC(C)C1=O.COCCOCCOCCOCCOCCOCCC(=O)NC(C(=O)C[C@@H](C)C(=O)Nc1ccc(C)cc1)C(C)C.COc1cc2c(cc1OCCCOc1cc3c(cc1OC)C(=O)N1C=C(C4CC4)C[C@H]1C=N3)N=C[C@@H]1CC(C)=CN1C2=O. The molecule has 1 saturated heterocycles. The summed E-state index contributed by atoms with van der Waals surface area (Å²) >= 11 is 0. The average Bonchev–Trinajstić information content (AvgIpc) is 1.65. The topological polar surface area (TPSA) is 318 Å². The molecule has 0 bridgehead atoms. The van der Waals surface area contributed by atoms with Crippen molar-refractivity contribution in [3.63, 3.8) is 0 Å². The highest BCUT2D eigenvalue weighted by atomic mass is 16.6. The number of carbonyl (C=O) groups excluding carboxylic acids is 8. The summed E-state index contributed by atoms with van der Waals surface area (Å²) in [4.78, 5) is 113. The fourth-order valence-electron chi connectivity index (χ4n) is 11.8. The van der Waals surface area contributed by atoms with Crippen LogP contribution in [0.15, 0.2) is 82.1 Å². The third-order valence-corrected chi connectivity index (χ3v) is 17.8. The molecular weight excluding hydrogens is 1380 g/mol. The lowest BCUT2D eigenvalue weighted by Gasteiger charge is -2.22. The molecule has 2 unspecified atom stereocenters. The summed E-state index contributed by atoms with van der Waals surface area (Å²) in [6.07, 6.45) is 13.7. The van der Waals surface area contributed by atoms with Crippen LogP contribution in [0.5, 0.6) is 23.0 Å². The van der Waals surface area contributed by atoms with Gasteiger partial charge in [0.1, 0.15) is 0 Å². The number of fused-ring (bicyclic) bond motifs is 4. The van der Waals surface area contributed by atoms with Gasteiger partial charge in [0.25, 0.3) is 11.8 Å². The van der Waals surface area contributed by atoms with E-state index in [-0.39, 0.29) is 117 Å². The van der Waals surface area contributed by atoms with Gasteiger partial charge in [-0.2, -0.15) is 0 Å². The van der Waals surface area contributed by atoms with Crippen molar-refractivity contribution in [2.45, 2.75) is 138 Å². The molecule has 1 saturated carbocycles. The van der Waals surface area contributed by atoms with Crippen LogP contribution in [0.3, 0.4) is 0 Å². The zero-order valence-electron chi connectivity index (χ0n) is 63.4. The summed E-state index contributed by atoms with van der Waals surface area (Å²) in [7, 11) is 4.74. The minimum atomic E-state index is -0.667. The van der Waals surface area contributed by atoms with E-state index in [4.69, 9.17) is 56.8 Å². The molecule has 0 radical (unpaired) electrons. The molecule has 28 heteroatoms. The molecule has 3 aromatic carbocycles. The van der Waals surface area contributed by atoms with E-state index >= 15 is 0 Å². The van der Waals surface area contributed by atoms with Crippen LogP contribution in [0.2, 0.25) is 0 Å². The first-order valence-electron chi connectivity index (χ1n) is 36.9. The van der Waals surface area contributed by atoms with Crippen molar-refractivity contribution < 1.29 is 95.2 Å². The maximum absolute atomic E-state index is 13.4. The molecular formula is C79H114N8O20. The molecule has 28 nitrogen and oxygen atoms in total. The van der Waals surface area contributed by atoms with Crippen LogP contribution in [-0.2, 0) is 66.7 Å². The number of hydrogen-bond acceptors (Lipinski definition) is 22. The number of aliphatic imine (C=N–C) groups is 2. The Morgan fingerprint density at radius 3 is 1.61 bits per heavy atom. The summed E-state index contributed by atoms with van der Waals surface area (Å²) in [5.74, 6) is 0.275. The number of benzene rings is 3. The van der Waals surface area contributed by atoms with Crippen molar-refractivity contribution in [3.05, 3.63) is 88.8 Å². The Kier molecular flexibility index (Phi) is 38.1. The quantitative estimate of drug-likeness (QED) is 0.0350. The number of hydrogen-bond donors (Lipinski definition) is 3. The molecule has 5 aliphatic heterocycles. The number of imide groups is 1. The van der Waals surface area contributed by atoms with Gasteiger partial charge in [0, 0.05) is 113 Å². The summed E-state index contributed by atoms with van der Waals surface area (Å²) in [6.45, 7) is 21.6. The van der Waals surface area contributed by atoms with Gasteiger partial charge < -0.3 is 82.6 Å². The van der Waals surface area contributed by atoms with Crippen molar-refractivity contribution >= 4 is 76.6 Å². The lowest BCUT2D eigenvalue weighted by atomic mass is 9.92. The lowest BCUT2D eigenvalue weighted by molar-refractivity contribution is -0.139. The first-order valence-corrected chi connectivity index (χ1v) is 36.9. The molecule has 107 heavy (non-hydrogen) atoms. The van der Waals surface area contributed by atoms with E-state index in [0.29, 0.717) is 169 Å². The molecule has 1 aliphatic carbocycles. The van der Waals surface area contributed by atoms with E-state index in [2.05, 4.69) is 25.9 Å². The van der Waals surface area contributed by atoms with Crippen LogP contribution in [0.4, 0.5) is 17.1 Å². The van der Waals surface area contributed by atoms with Crippen LogP contribution in [-0.4, -0.2) is 239 Å². The van der Waals surface area contributed by atoms with Crippen molar-refractivity contribution in [1.29, 1.82) is 0 Å². The number of nitrogens with zero attached hydrogens (tertiary/aromatic N) is 5. The Labute approximate surface area is 630 Å². The van der Waals surface area contributed by atoms with Gasteiger partial charge in [0.15, 0.2) is 28.8 Å². The number of likely N-dealkylation sites (tertiary alicyclic amines) is 1. The number of ketones is 1. The number of nitrogens with one attached hydrogen (secondary N) is 3. The number of Topliss-reactive ketones (excluding diaryl/α,β-unsaturated/α-hetero) is 1. The minimum absolute atomic E-state index is 0. The standard InChI is InChI=1S/C33H34N4O6.C30H50N2O9.C15H26N2O5.CH4/c1-19-9-22-15-34-26-13-30(28(40-2)11-24(26)32(38)36(22)17-19)42-7-4-8-43-31-14-27-25(12-29(31)41-3)33(39)37-18-21(20-5-6-20)10-23(37)16-35-27;1-23(2)29(27(33)22-25(4)30(35)31-26-8-6-24(3)7-9-26)32-28(34)10-11-37-14-15-39-18-19-41-21-20-40-17-16-38-13-12-36-5;1-3-7-21-9-10-22-8-5-16-13(18)4-6-17-14(19)11-12(2)15(17)20;/h11-18,20,22-23H,4-10H2,1-3H3;6-9,23,25,29H,10-22H2,1-5H3,(H,31,35)(H,32,34);12H,3-11H2,1-2H3,(H,16,18);1H4/t22-,23-;25-,29?;;/m01../s1. The first kappa shape index (κ1) is 87.4. The van der Waals surface area contributed by atoms with Gasteiger partial charge in [-0.25, -0.2) is 0 Å². The molecule has 5 atom stereocenters. The Hall–Kier alpha value is -8.48. The summed E-state index contributed by atoms with van der Waals surface area (Å²) in [5.41, 5.74) is 6.38. The highest BCUT2D eigenvalue weighted by Gasteiger charge is 2.39. The Balaban J connectivity index is 0.000000263. The summed E-state index contributed by atoms with van der Waals surface area (Å²) in [6, 6.07) is 13.6. The molecule has 590 valence electrons. The van der Waals surface area contributed by atoms with Crippen LogP contribution >= 0.6 is 0 Å². The molecule has 3 aromatic rings. The van der Waals surface area contributed by atoms with Gasteiger partial charge in [-0.05, 0) is 87.6 Å². The monoisotopic (exact) mass is 1490 g/mol.